The molecule has 0 bridgehead atoms. The average molecular weight is 453 g/mol. The van der Waals surface area contributed by atoms with E-state index in [4.69, 9.17) is 4.52 Å². The highest BCUT2D eigenvalue weighted by Crippen LogP contribution is 2.28. The predicted octanol–water partition coefficient (Wildman–Crippen LogP) is 2.11. The number of benzene rings is 1. The van der Waals surface area contributed by atoms with Gasteiger partial charge in [0.05, 0.1) is 17.8 Å². The third-order valence-electron chi connectivity index (χ3n) is 4.53. The molecule has 0 spiro atoms. The first-order chi connectivity index (χ1) is 14.2. The monoisotopic (exact) mass is 452 g/mol. The Morgan fingerprint density at radius 2 is 1.86 bits per heavy atom. The molecule has 1 fully saturated rings. The molecule has 0 aliphatic carbocycles. The molecule has 1 aromatic carbocycles. The molecule has 0 radical (unpaired) electrons. The Hall–Kier alpha value is -3.47. The van der Waals surface area contributed by atoms with Gasteiger partial charge in [0, 0.05) is 30.0 Å². The van der Waals surface area contributed by atoms with E-state index in [1.807, 2.05) is 24.3 Å². The summed E-state index contributed by atoms with van der Waals surface area (Å²) < 4.78 is 7.85. The summed E-state index contributed by atoms with van der Waals surface area (Å²) in [6, 6.07) is 9.29. The lowest BCUT2D eigenvalue weighted by molar-refractivity contribution is 0.0563. The Balaban J connectivity index is 1.24. The van der Waals surface area contributed by atoms with E-state index >= 15 is 0 Å². The van der Waals surface area contributed by atoms with Crippen molar-refractivity contribution < 1.29 is 9.32 Å². The Morgan fingerprint density at radius 1 is 1.10 bits per heavy atom. The quantitative estimate of drug-likeness (QED) is 0.462. The van der Waals surface area contributed by atoms with E-state index < -0.39 is 0 Å². The van der Waals surface area contributed by atoms with Gasteiger partial charge in [-0.05, 0) is 30.3 Å². The van der Waals surface area contributed by atoms with Crippen molar-refractivity contribution in [3.05, 3.63) is 65.0 Å². The van der Waals surface area contributed by atoms with Crippen molar-refractivity contribution in [2.45, 2.75) is 5.92 Å². The predicted molar refractivity (Wildman–Crippen MR) is 103 cm³/mol. The van der Waals surface area contributed by atoms with Crippen LogP contribution < -0.4 is 0 Å². The molecule has 5 rings (SSSR count). The second-order valence-corrected chi connectivity index (χ2v) is 7.38. The fourth-order valence-corrected chi connectivity index (χ4v) is 3.22. The molecular weight excluding hydrogens is 440 g/mol. The molecule has 1 saturated heterocycles. The summed E-state index contributed by atoms with van der Waals surface area (Å²) >= 11 is 3.39. The van der Waals surface area contributed by atoms with E-state index in [2.05, 4.69) is 46.4 Å². The first-order valence-electron chi connectivity index (χ1n) is 8.76. The van der Waals surface area contributed by atoms with Crippen LogP contribution in [0.25, 0.3) is 17.3 Å². The van der Waals surface area contributed by atoms with Crippen molar-refractivity contribution in [1.82, 2.24) is 40.0 Å². The Kier molecular flexibility index (Phi) is 4.35. The molecule has 4 heterocycles. The molecule has 10 nitrogen and oxygen atoms in total. The molecule has 0 unspecified atom stereocenters. The molecule has 1 amide bonds. The van der Waals surface area contributed by atoms with E-state index in [0.29, 0.717) is 30.6 Å². The SMILES string of the molecule is O=C(c1cn(-c2ccc(Br)cc2)nn1)N1CC(c2nc(-c3ncccn3)no2)C1. The lowest BCUT2D eigenvalue weighted by Gasteiger charge is -2.36. The van der Waals surface area contributed by atoms with Gasteiger partial charge in [-0.1, -0.05) is 26.3 Å². The van der Waals surface area contributed by atoms with Gasteiger partial charge in [-0.3, -0.25) is 4.79 Å². The van der Waals surface area contributed by atoms with Crippen LogP contribution in [0.2, 0.25) is 0 Å². The lowest BCUT2D eigenvalue weighted by atomic mass is 10.00. The number of amides is 1. The Bertz CT molecular complexity index is 1150. The van der Waals surface area contributed by atoms with Crippen molar-refractivity contribution in [3.8, 4) is 17.3 Å². The molecular formula is C18H13BrN8O2. The van der Waals surface area contributed by atoms with E-state index in [1.165, 1.54) is 0 Å². The number of halogens is 1. The molecule has 0 N–H and O–H groups in total. The van der Waals surface area contributed by atoms with E-state index in [1.54, 1.807) is 34.2 Å². The molecule has 11 heteroatoms. The number of aromatic nitrogens is 7. The minimum atomic E-state index is -0.184. The molecule has 144 valence electrons. The molecule has 3 aromatic heterocycles. The number of nitrogens with zero attached hydrogens (tertiary/aromatic N) is 8. The number of likely N-dealkylation sites (tertiary alicyclic amines) is 1. The molecule has 0 saturated carbocycles. The maximum atomic E-state index is 12.6. The summed E-state index contributed by atoms with van der Waals surface area (Å²) in [5, 5.41) is 12.0. The van der Waals surface area contributed by atoms with E-state index in [9.17, 15) is 4.79 Å². The summed E-state index contributed by atoms with van der Waals surface area (Å²) in [5.41, 5.74) is 1.11. The topological polar surface area (TPSA) is 116 Å². The van der Waals surface area contributed by atoms with Gasteiger partial charge in [0.1, 0.15) is 0 Å². The molecule has 0 atom stereocenters. The summed E-state index contributed by atoms with van der Waals surface area (Å²) in [5.74, 6) is 0.998. The van der Waals surface area contributed by atoms with E-state index in [-0.39, 0.29) is 17.5 Å². The van der Waals surface area contributed by atoms with Crippen molar-refractivity contribution in [2.75, 3.05) is 13.1 Å². The third-order valence-corrected chi connectivity index (χ3v) is 5.06. The number of rotatable bonds is 4. The second kappa shape index (κ2) is 7.17. The van der Waals surface area contributed by atoms with Crippen LogP contribution in [0.5, 0.6) is 0 Å². The van der Waals surface area contributed by atoms with Crippen LogP contribution in [0.3, 0.4) is 0 Å². The minimum Gasteiger partial charge on any atom is -0.338 e. The molecule has 4 aromatic rings. The van der Waals surface area contributed by atoms with Crippen molar-refractivity contribution in [1.29, 1.82) is 0 Å². The molecule has 1 aliphatic rings. The normalized spacial score (nSPS) is 14.0. The molecule has 29 heavy (non-hydrogen) atoms. The molecule has 1 aliphatic heterocycles. The van der Waals surface area contributed by atoms with Gasteiger partial charge in [-0.25, -0.2) is 14.6 Å². The van der Waals surface area contributed by atoms with Crippen molar-refractivity contribution >= 4 is 21.8 Å². The van der Waals surface area contributed by atoms with Crippen molar-refractivity contribution in [2.24, 2.45) is 0 Å². The van der Waals surface area contributed by atoms with Gasteiger partial charge < -0.3 is 9.42 Å². The summed E-state index contributed by atoms with van der Waals surface area (Å²) in [4.78, 5) is 26.9. The van der Waals surface area contributed by atoms with Crippen molar-refractivity contribution in [3.63, 3.8) is 0 Å². The highest BCUT2D eigenvalue weighted by Gasteiger charge is 2.37. The van der Waals surface area contributed by atoms with Crippen LogP contribution in [0.15, 0.2) is 57.9 Å². The van der Waals surface area contributed by atoms with Crippen LogP contribution >= 0.6 is 15.9 Å². The first kappa shape index (κ1) is 17.6. The zero-order valence-electron chi connectivity index (χ0n) is 14.9. The van der Waals surface area contributed by atoms with Crippen LogP contribution in [0.1, 0.15) is 22.3 Å². The minimum absolute atomic E-state index is 0.0227. The van der Waals surface area contributed by atoms with E-state index in [0.717, 1.165) is 10.2 Å². The number of hydrogen-bond acceptors (Lipinski definition) is 8. The van der Waals surface area contributed by atoms with Gasteiger partial charge in [0.2, 0.25) is 17.5 Å². The van der Waals surface area contributed by atoms with Crippen LogP contribution in [0.4, 0.5) is 0 Å². The maximum absolute atomic E-state index is 12.6. The van der Waals surface area contributed by atoms with Crippen LogP contribution in [0, 0.1) is 0 Å². The fraction of sp³-hybridized carbons (Fsp3) is 0.167. The van der Waals surface area contributed by atoms with Gasteiger partial charge in [-0.15, -0.1) is 5.10 Å². The summed E-state index contributed by atoms with van der Waals surface area (Å²) in [7, 11) is 0. The third kappa shape index (κ3) is 3.40. The largest absolute Gasteiger partial charge is 0.338 e. The highest BCUT2D eigenvalue weighted by molar-refractivity contribution is 9.10. The number of carbonyl (C=O) groups is 1. The lowest BCUT2D eigenvalue weighted by Crippen LogP contribution is -2.48. The van der Waals surface area contributed by atoms with Crippen LogP contribution in [-0.4, -0.2) is 59.0 Å². The standard InChI is InChI=1S/C18H13BrN8O2/c19-12-2-4-13(5-3-12)27-10-14(23-25-27)18(28)26-8-11(9-26)17-22-16(24-29-17)15-20-6-1-7-21-15/h1-7,10-11H,8-9H2. The summed E-state index contributed by atoms with van der Waals surface area (Å²) in [6.07, 6.45) is 4.85. The Morgan fingerprint density at radius 3 is 2.62 bits per heavy atom. The Labute approximate surface area is 172 Å². The van der Waals surface area contributed by atoms with Gasteiger partial charge in [-0.2, -0.15) is 4.98 Å². The maximum Gasteiger partial charge on any atom is 0.276 e. The average Bonchev–Trinajstić information content (AvgIpc) is 3.38. The first-order valence-corrected chi connectivity index (χ1v) is 9.55. The highest BCUT2D eigenvalue weighted by atomic mass is 79.9. The zero-order valence-corrected chi connectivity index (χ0v) is 16.5. The number of hydrogen-bond donors (Lipinski definition) is 0. The van der Waals surface area contributed by atoms with Crippen LogP contribution in [-0.2, 0) is 0 Å². The fourth-order valence-electron chi connectivity index (χ4n) is 2.95. The van der Waals surface area contributed by atoms with Gasteiger partial charge in [0.25, 0.3) is 5.91 Å². The van der Waals surface area contributed by atoms with Gasteiger partial charge in [0.15, 0.2) is 5.69 Å². The number of carbonyl (C=O) groups excluding carboxylic acids is 1. The zero-order chi connectivity index (χ0) is 19.8. The van der Waals surface area contributed by atoms with Gasteiger partial charge >= 0.3 is 0 Å². The summed E-state index contributed by atoms with van der Waals surface area (Å²) in [6.45, 7) is 0.947. The smallest absolute Gasteiger partial charge is 0.276 e. The second-order valence-electron chi connectivity index (χ2n) is 6.46.